The maximum Gasteiger partial charge on any atom is 0.225 e. The van der Waals surface area contributed by atoms with E-state index in [1.165, 1.54) is 0 Å². The van der Waals surface area contributed by atoms with Crippen molar-refractivity contribution in [2.24, 2.45) is 5.92 Å². The molecule has 1 aromatic heterocycles. The van der Waals surface area contributed by atoms with Crippen LogP contribution in [0.15, 0.2) is 6.20 Å². The molecule has 0 radical (unpaired) electrons. The Kier molecular flexibility index (Phi) is 3.91. The van der Waals surface area contributed by atoms with Crippen molar-refractivity contribution < 1.29 is 10.2 Å². The molecule has 5 heteroatoms. The van der Waals surface area contributed by atoms with Crippen LogP contribution in [-0.4, -0.2) is 39.9 Å². The minimum absolute atomic E-state index is 0.0224. The third-order valence-electron chi connectivity index (χ3n) is 3.30. The number of rotatable bonds is 3. The topological polar surface area (TPSA) is 69.5 Å². The van der Waals surface area contributed by atoms with E-state index >= 15 is 0 Å². The van der Waals surface area contributed by atoms with Crippen molar-refractivity contribution in [1.29, 1.82) is 0 Å². The van der Waals surface area contributed by atoms with Crippen LogP contribution in [0.3, 0.4) is 0 Å². The van der Waals surface area contributed by atoms with E-state index < -0.39 is 0 Å². The first-order valence-electron chi connectivity index (χ1n) is 6.03. The monoisotopic (exact) mass is 237 g/mol. The highest BCUT2D eigenvalue weighted by atomic mass is 16.3. The van der Waals surface area contributed by atoms with Crippen molar-refractivity contribution in [3.05, 3.63) is 17.5 Å². The van der Waals surface area contributed by atoms with Gasteiger partial charge in [0.1, 0.15) is 0 Å². The molecule has 17 heavy (non-hydrogen) atoms. The van der Waals surface area contributed by atoms with Crippen LogP contribution in [0.5, 0.6) is 0 Å². The largest absolute Gasteiger partial charge is 0.396 e. The molecule has 0 aromatic carbocycles. The highest BCUT2D eigenvalue weighted by molar-refractivity contribution is 5.33. The molecule has 0 bridgehead atoms. The van der Waals surface area contributed by atoms with Crippen molar-refractivity contribution in [2.45, 2.75) is 26.4 Å². The fourth-order valence-electron chi connectivity index (χ4n) is 2.18. The fourth-order valence-corrected chi connectivity index (χ4v) is 2.18. The average molecular weight is 237 g/mol. The van der Waals surface area contributed by atoms with E-state index in [-0.39, 0.29) is 13.2 Å². The normalized spacial score (nSPS) is 20.6. The lowest BCUT2D eigenvalue weighted by atomic mass is 9.99. The predicted molar refractivity (Wildman–Crippen MR) is 64.7 cm³/mol. The molecule has 0 amide bonds. The number of aryl methyl sites for hydroxylation is 1. The Morgan fingerprint density at radius 2 is 2.29 bits per heavy atom. The maximum atomic E-state index is 9.19. The Hall–Kier alpha value is -1.20. The van der Waals surface area contributed by atoms with Crippen LogP contribution < -0.4 is 4.90 Å². The highest BCUT2D eigenvalue weighted by Gasteiger charge is 2.21. The molecular weight excluding hydrogens is 218 g/mol. The maximum absolute atomic E-state index is 9.19. The van der Waals surface area contributed by atoms with Crippen LogP contribution >= 0.6 is 0 Å². The Balaban J connectivity index is 2.13. The number of piperidine rings is 1. The third kappa shape index (κ3) is 2.73. The average Bonchev–Trinajstić information content (AvgIpc) is 2.38. The molecule has 1 fully saturated rings. The second-order valence-electron chi connectivity index (χ2n) is 4.58. The zero-order valence-electron chi connectivity index (χ0n) is 10.1. The molecule has 94 valence electrons. The third-order valence-corrected chi connectivity index (χ3v) is 3.30. The van der Waals surface area contributed by atoms with Gasteiger partial charge in [0.25, 0.3) is 0 Å². The zero-order valence-corrected chi connectivity index (χ0v) is 10.1. The summed E-state index contributed by atoms with van der Waals surface area (Å²) in [5, 5.41) is 18.3. The van der Waals surface area contributed by atoms with Gasteiger partial charge in [-0.05, 0) is 25.7 Å². The molecule has 1 unspecified atom stereocenters. The van der Waals surface area contributed by atoms with Gasteiger partial charge >= 0.3 is 0 Å². The minimum atomic E-state index is -0.0224. The number of anilines is 1. The van der Waals surface area contributed by atoms with Gasteiger partial charge in [-0.15, -0.1) is 0 Å². The molecule has 2 rings (SSSR count). The number of aliphatic hydroxyl groups excluding tert-OH is 2. The van der Waals surface area contributed by atoms with Crippen molar-refractivity contribution in [1.82, 2.24) is 9.97 Å². The molecule has 1 aliphatic heterocycles. The molecule has 0 spiro atoms. The number of aromatic nitrogens is 2. The van der Waals surface area contributed by atoms with Crippen LogP contribution in [-0.2, 0) is 6.61 Å². The molecular formula is C12H19N3O2. The molecule has 1 aliphatic rings. The lowest BCUT2D eigenvalue weighted by molar-refractivity contribution is 0.208. The van der Waals surface area contributed by atoms with E-state index in [4.69, 9.17) is 5.11 Å². The smallest absolute Gasteiger partial charge is 0.225 e. The molecule has 2 N–H and O–H groups in total. The van der Waals surface area contributed by atoms with E-state index in [0.717, 1.165) is 37.2 Å². The molecule has 1 aromatic rings. The summed E-state index contributed by atoms with van der Waals surface area (Å²) in [4.78, 5) is 10.8. The van der Waals surface area contributed by atoms with E-state index in [1.807, 2.05) is 6.92 Å². The van der Waals surface area contributed by atoms with Crippen LogP contribution in [0.4, 0.5) is 5.95 Å². The predicted octanol–water partition coefficient (Wildman–Crippen LogP) is 0.486. The van der Waals surface area contributed by atoms with Gasteiger partial charge in [-0.3, -0.25) is 0 Å². The van der Waals surface area contributed by atoms with Crippen LogP contribution in [0, 0.1) is 12.8 Å². The van der Waals surface area contributed by atoms with Crippen molar-refractivity contribution in [2.75, 3.05) is 24.6 Å². The second kappa shape index (κ2) is 5.42. The zero-order chi connectivity index (χ0) is 12.3. The van der Waals surface area contributed by atoms with Gasteiger partial charge in [-0.1, -0.05) is 0 Å². The molecule has 1 atom stereocenters. The van der Waals surface area contributed by atoms with E-state index in [0.29, 0.717) is 11.9 Å². The first-order valence-corrected chi connectivity index (χ1v) is 6.03. The summed E-state index contributed by atoms with van der Waals surface area (Å²) in [6.45, 7) is 3.84. The van der Waals surface area contributed by atoms with Gasteiger partial charge < -0.3 is 15.1 Å². The first-order chi connectivity index (χ1) is 8.24. The molecule has 2 heterocycles. The summed E-state index contributed by atoms with van der Waals surface area (Å²) in [6.07, 6.45) is 3.82. The van der Waals surface area contributed by atoms with Gasteiger partial charge in [0.15, 0.2) is 0 Å². The first kappa shape index (κ1) is 12.3. The lowest BCUT2D eigenvalue weighted by Gasteiger charge is -2.32. The quantitative estimate of drug-likeness (QED) is 0.800. The number of hydrogen-bond donors (Lipinski definition) is 2. The van der Waals surface area contributed by atoms with Gasteiger partial charge in [-0.25, -0.2) is 9.97 Å². The summed E-state index contributed by atoms with van der Waals surface area (Å²) in [7, 11) is 0. The van der Waals surface area contributed by atoms with Crippen LogP contribution in [0.2, 0.25) is 0 Å². The molecule has 1 saturated heterocycles. The SMILES string of the molecule is Cc1nc(N2CCCC(CO)C2)ncc1CO. The Morgan fingerprint density at radius 3 is 2.94 bits per heavy atom. The van der Waals surface area contributed by atoms with Crippen LogP contribution in [0.1, 0.15) is 24.1 Å². The Labute approximate surface area is 101 Å². The van der Waals surface area contributed by atoms with Crippen molar-refractivity contribution in [3.8, 4) is 0 Å². The summed E-state index contributed by atoms with van der Waals surface area (Å²) >= 11 is 0. The standard InChI is InChI=1S/C12H19N3O2/c1-9-11(8-17)5-13-12(14-9)15-4-2-3-10(6-15)7-16/h5,10,16-17H,2-4,6-8H2,1H3. The minimum Gasteiger partial charge on any atom is -0.396 e. The Morgan fingerprint density at radius 1 is 1.47 bits per heavy atom. The summed E-state index contributed by atoms with van der Waals surface area (Å²) < 4.78 is 0. The second-order valence-corrected chi connectivity index (χ2v) is 4.58. The summed E-state index contributed by atoms with van der Waals surface area (Å²) in [5.74, 6) is 1.03. The number of nitrogens with zero attached hydrogens (tertiary/aromatic N) is 3. The van der Waals surface area contributed by atoms with Crippen LogP contribution in [0.25, 0.3) is 0 Å². The van der Waals surface area contributed by atoms with Crippen molar-refractivity contribution in [3.63, 3.8) is 0 Å². The van der Waals surface area contributed by atoms with Gasteiger partial charge in [0.05, 0.1) is 6.61 Å². The summed E-state index contributed by atoms with van der Waals surface area (Å²) in [5.41, 5.74) is 1.59. The summed E-state index contributed by atoms with van der Waals surface area (Å²) in [6, 6.07) is 0. The lowest BCUT2D eigenvalue weighted by Crippen LogP contribution is -2.38. The molecule has 0 aliphatic carbocycles. The molecule has 0 saturated carbocycles. The molecule has 5 nitrogen and oxygen atoms in total. The van der Waals surface area contributed by atoms with E-state index in [2.05, 4.69) is 14.9 Å². The van der Waals surface area contributed by atoms with Gasteiger partial charge in [0, 0.05) is 37.2 Å². The van der Waals surface area contributed by atoms with Crippen molar-refractivity contribution >= 4 is 5.95 Å². The number of hydrogen-bond acceptors (Lipinski definition) is 5. The highest BCUT2D eigenvalue weighted by Crippen LogP contribution is 2.20. The van der Waals surface area contributed by atoms with Gasteiger partial charge in [0.2, 0.25) is 5.95 Å². The number of aliphatic hydroxyl groups is 2. The van der Waals surface area contributed by atoms with E-state index in [9.17, 15) is 5.11 Å². The fraction of sp³-hybridized carbons (Fsp3) is 0.667. The van der Waals surface area contributed by atoms with Gasteiger partial charge in [-0.2, -0.15) is 0 Å². The Bertz CT molecular complexity index is 384. The van der Waals surface area contributed by atoms with E-state index in [1.54, 1.807) is 6.20 Å².